The predicted octanol–water partition coefficient (Wildman–Crippen LogP) is 2.18. The number of nitrogens with zero attached hydrogens (tertiary/aromatic N) is 7. The number of hydrogen-bond donors (Lipinski definition) is 0. The molecule has 9 heteroatoms. The van der Waals surface area contributed by atoms with Crippen LogP contribution >= 0.6 is 0 Å². The fourth-order valence-corrected chi connectivity index (χ4v) is 2.62. The van der Waals surface area contributed by atoms with E-state index in [1.54, 1.807) is 30.3 Å². The van der Waals surface area contributed by atoms with Crippen molar-refractivity contribution >= 4 is 16.8 Å². The van der Waals surface area contributed by atoms with Crippen molar-refractivity contribution in [1.29, 1.82) is 0 Å². The molecule has 0 N–H and O–H groups in total. The Balaban J connectivity index is 1.62. The van der Waals surface area contributed by atoms with E-state index >= 15 is 0 Å². The molecule has 0 spiro atoms. The molecule has 1 aromatic carbocycles. The normalized spacial score (nSPS) is 11.6. The summed E-state index contributed by atoms with van der Waals surface area (Å²) in [5, 5.41) is 13.0. The number of furan rings is 1. The Hall–Kier alpha value is -3.62. The third-order valence-electron chi connectivity index (χ3n) is 3.78. The van der Waals surface area contributed by atoms with Gasteiger partial charge < -0.3 is 4.42 Å². The van der Waals surface area contributed by atoms with Crippen molar-refractivity contribution in [1.82, 2.24) is 34.6 Å². The molecule has 0 aliphatic heterocycles. The minimum absolute atomic E-state index is 0.280. The van der Waals surface area contributed by atoms with E-state index in [0.717, 1.165) is 0 Å². The fourth-order valence-electron chi connectivity index (χ4n) is 2.62. The lowest BCUT2D eigenvalue weighted by Gasteiger charge is -1.97. The molecule has 122 valence electrons. The van der Waals surface area contributed by atoms with Crippen molar-refractivity contribution in [2.75, 3.05) is 0 Å². The average Bonchev–Trinajstić information content (AvgIpc) is 3.34. The first-order valence-electron chi connectivity index (χ1n) is 7.52. The van der Waals surface area contributed by atoms with Gasteiger partial charge in [-0.15, -0.1) is 20.1 Å². The molecule has 4 aromatic heterocycles. The van der Waals surface area contributed by atoms with E-state index in [9.17, 15) is 4.39 Å². The molecular weight excluding hydrogens is 325 g/mol. The summed E-state index contributed by atoms with van der Waals surface area (Å²) >= 11 is 0. The average molecular weight is 335 g/mol. The van der Waals surface area contributed by atoms with Gasteiger partial charge in [-0.2, -0.15) is 4.52 Å². The third-order valence-corrected chi connectivity index (χ3v) is 3.78. The standard InChI is InChI=1S/C16H10FN7O/c17-11-5-2-1-4-10(11)8-12-19-16-14-15(18-9-23(16)20-12)22-24(21-14)13-6-3-7-25-13/h1-7,9H,8H2. The van der Waals surface area contributed by atoms with Gasteiger partial charge in [-0.25, -0.2) is 14.4 Å². The second-order valence-corrected chi connectivity index (χ2v) is 5.42. The van der Waals surface area contributed by atoms with Crippen molar-refractivity contribution in [3.05, 3.63) is 66.2 Å². The molecule has 5 rings (SSSR count). The predicted molar refractivity (Wildman–Crippen MR) is 84.7 cm³/mol. The van der Waals surface area contributed by atoms with E-state index in [1.165, 1.54) is 28.0 Å². The molecule has 25 heavy (non-hydrogen) atoms. The molecular formula is C16H10FN7O. The zero-order valence-corrected chi connectivity index (χ0v) is 12.7. The number of rotatable bonds is 3. The van der Waals surface area contributed by atoms with Crippen LogP contribution in [0.5, 0.6) is 0 Å². The maximum atomic E-state index is 13.8. The first-order chi connectivity index (χ1) is 12.3. The highest BCUT2D eigenvalue weighted by atomic mass is 19.1. The van der Waals surface area contributed by atoms with E-state index in [0.29, 0.717) is 34.1 Å². The minimum Gasteiger partial charge on any atom is -0.445 e. The van der Waals surface area contributed by atoms with Crippen LogP contribution in [0.15, 0.2) is 53.4 Å². The van der Waals surface area contributed by atoms with E-state index in [-0.39, 0.29) is 12.2 Å². The Morgan fingerprint density at radius 1 is 1.04 bits per heavy atom. The topological polar surface area (TPSA) is 86.9 Å². The number of aromatic nitrogens is 7. The van der Waals surface area contributed by atoms with Gasteiger partial charge in [0.1, 0.15) is 12.1 Å². The Bertz CT molecular complexity index is 1190. The SMILES string of the molecule is Fc1ccccc1Cc1nc2c3nn(-c4ccco4)nc3ncn2n1. The van der Waals surface area contributed by atoms with Crippen LogP contribution in [-0.4, -0.2) is 34.6 Å². The van der Waals surface area contributed by atoms with Gasteiger partial charge in [-0.3, -0.25) is 0 Å². The smallest absolute Gasteiger partial charge is 0.238 e. The molecule has 0 atom stereocenters. The van der Waals surface area contributed by atoms with Gasteiger partial charge in [0.15, 0.2) is 17.0 Å². The lowest BCUT2D eigenvalue weighted by atomic mass is 10.1. The monoisotopic (exact) mass is 335 g/mol. The van der Waals surface area contributed by atoms with Crippen LogP contribution in [0.4, 0.5) is 4.39 Å². The van der Waals surface area contributed by atoms with Crippen molar-refractivity contribution in [3.63, 3.8) is 0 Å². The number of halogens is 1. The zero-order chi connectivity index (χ0) is 16.8. The summed E-state index contributed by atoms with van der Waals surface area (Å²) in [6, 6.07) is 10.0. The summed E-state index contributed by atoms with van der Waals surface area (Å²) in [5.74, 6) is 0.669. The van der Waals surface area contributed by atoms with Crippen molar-refractivity contribution in [2.45, 2.75) is 6.42 Å². The summed E-state index contributed by atoms with van der Waals surface area (Å²) < 4.78 is 20.6. The molecule has 0 aliphatic rings. The van der Waals surface area contributed by atoms with Gasteiger partial charge in [-0.05, 0) is 17.7 Å². The van der Waals surface area contributed by atoms with Crippen LogP contribution in [0.2, 0.25) is 0 Å². The lowest BCUT2D eigenvalue weighted by Crippen LogP contribution is -1.96. The van der Waals surface area contributed by atoms with E-state index in [2.05, 4.69) is 25.3 Å². The molecule has 0 unspecified atom stereocenters. The number of benzene rings is 1. The maximum absolute atomic E-state index is 13.8. The fraction of sp³-hybridized carbons (Fsp3) is 0.0625. The summed E-state index contributed by atoms with van der Waals surface area (Å²) in [4.78, 5) is 10.0. The van der Waals surface area contributed by atoms with E-state index in [1.807, 2.05) is 0 Å². The first kappa shape index (κ1) is 13.8. The van der Waals surface area contributed by atoms with Crippen LogP contribution < -0.4 is 0 Å². The van der Waals surface area contributed by atoms with Crippen molar-refractivity contribution in [3.8, 4) is 5.88 Å². The molecule has 0 amide bonds. The molecule has 0 radical (unpaired) electrons. The molecule has 0 bridgehead atoms. The molecule has 0 saturated carbocycles. The molecule has 4 heterocycles. The summed E-state index contributed by atoms with van der Waals surface area (Å²) in [6.07, 6.45) is 3.33. The quantitative estimate of drug-likeness (QED) is 0.502. The van der Waals surface area contributed by atoms with Crippen LogP contribution in [0.25, 0.3) is 22.7 Å². The van der Waals surface area contributed by atoms with E-state index < -0.39 is 0 Å². The van der Waals surface area contributed by atoms with Crippen LogP contribution in [0, 0.1) is 5.82 Å². The second kappa shape index (κ2) is 5.20. The highest BCUT2D eigenvalue weighted by Gasteiger charge is 2.15. The number of fused-ring (bicyclic) bond motifs is 3. The van der Waals surface area contributed by atoms with Gasteiger partial charge in [0.25, 0.3) is 0 Å². The Morgan fingerprint density at radius 2 is 1.96 bits per heavy atom. The maximum Gasteiger partial charge on any atom is 0.238 e. The number of hydrogen-bond acceptors (Lipinski definition) is 6. The Kier molecular flexibility index (Phi) is 2.87. The highest BCUT2D eigenvalue weighted by molar-refractivity contribution is 5.83. The summed E-state index contributed by atoms with van der Waals surface area (Å²) in [6.45, 7) is 0. The lowest BCUT2D eigenvalue weighted by molar-refractivity contribution is 0.502. The second-order valence-electron chi connectivity index (χ2n) is 5.42. The molecule has 0 fully saturated rings. The van der Waals surface area contributed by atoms with Crippen molar-refractivity contribution < 1.29 is 8.81 Å². The molecule has 5 aromatic rings. The van der Waals surface area contributed by atoms with Gasteiger partial charge >= 0.3 is 0 Å². The molecule has 0 saturated heterocycles. The van der Waals surface area contributed by atoms with Crippen LogP contribution in [0.1, 0.15) is 11.4 Å². The molecule has 0 aliphatic carbocycles. The van der Waals surface area contributed by atoms with E-state index in [4.69, 9.17) is 4.42 Å². The minimum atomic E-state index is -0.284. The largest absolute Gasteiger partial charge is 0.445 e. The Morgan fingerprint density at radius 3 is 2.80 bits per heavy atom. The van der Waals surface area contributed by atoms with Crippen LogP contribution in [-0.2, 0) is 6.42 Å². The van der Waals surface area contributed by atoms with Crippen LogP contribution in [0.3, 0.4) is 0 Å². The van der Waals surface area contributed by atoms with Gasteiger partial charge in [0.05, 0.1) is 6.26 Å². The highest BCUT2D eigenvalue weighted by Crippen LogP contribution is 2.17. The first-order valence-corrected chi connectivity index (χ1v) is 7.52. The summed E-state index contributed by atoms with van der Waals surface area (Å²) in [7, 11) is 0. The molecule has 8 nitrogen and oxygen atoms in total. The van der Waals surface area contributed by atoms with Gasteiger partial charge in [0.2, 0.25) is 11.5 Å². The van der Waals surface area contributed by atoms with Gasteiger partial charge in [0, 0.05) is 12.5 Å². The third kappa shape index (κ3) is 2.24. The summed E-state index contributed by atoms with van der Waals surface area (Å²) in [5.41, 5.74) is 1.95. The zero-order valence-electron chi connectivity index (χ0n) is 12.7. The van der Waals surface area contributed by atoms with Crippen molar-refractivity contribution in [2.24, 2.45) is 0 Å². The Labute approximate surface area is 139 Å². The van der Waals surface area contributed by atoms with Gasteiger partial charge in [-0.1, -0.05) is 18.2 Å².